The Labute approximate surface area is 109 Å². The van der Waals surface area contributed by atoms with Gasteiger partial charge in [0.15, 0.2) is 0 Å². The van der Waals surface area contributed by atoms with Gasteiger partial charge in [0.2, 0.25) is 0 Å². The van der Waals surface area contributed by atoms with Gasteiger partial charge in [-0.05, 0) is 38.3 Å². The highest BCUT2D eigenvalue weighted by Crippen LogP contribution is 2.26. The fourth-order valence-corrected chi connectivity index (χ4v) is 2.68. The molecular weight excluding hydrogens is 224 g/mol. The maximum atomic E-state index is 7.77. The molecular formula is C14H22N4. The summed E-state index contributed by atoms with van der Waals surface area (Å²) in [5.41, 5.74) is 7.55. The molecule has 0 radical (unpaired) electrons. The van der Waals surface area contributed by atoms with Crippen LogP contribution in [0.25, 0.3) is 0 Å². The predicted octanol–water partition coefficient (Wildman–Crippen LogP) is 2.44. The second-order valence-electron chi connectivity index (χ2n) is 5.13. The minimum Gasteiger partial charge on any atom is -0.384 e. The van der Waals surface area contributed by atoms with Gasteiger partial charge in [0.25, 0.3) is 0 Å². The number of anilines is 1. The summed E-state index contributed by atoms with van der Waals surface area (Å²) in [5.74, 6) is 1.00. The Morgan fingerprint density at radius 2 is 2.22 bits per heavy atom. The van der Waals surface area contributed by atoms with Gasteiger partial charge in [-0.25, -0.2) is 4.98 Å². The van der Waals surface area contributed by atoms with E-state index in [9.17, 15) is 0 Å². The molecule has 1 atom stereocenters. The number of nitrogen functional groups attached to an aromatic ring is 1. The predicted molar refractivity (Wildman–Crippen MR) is 75.3 cm³/mol. The monoisotopic (exact) mass is 246 g/mol. The van der Waals surface area contributed by atoms with Gasteiger partial charge in [0, 0.05) is 18.8 Å². The van der Waals surface area contributed by atoms with E-state index in [4.69, 9.17) is 11.1 Å². The average molecular weight is 246 g/mol. The fourth-order valence-electron chi connectivity index (χ4n) is 2.68. The van der Waals surface area contributed by atoms with E-state index in [2.05, 4.69) is 16.8 Å². The molecule has 98 valence electrons. The van der Waals surface area contributed by atoms with Crippen molar-refractivity contribution in [2.45, 2.75) is 45.6 Å². The lowest BCUT2D eigenvalue weighted by atomic mass is 10.1. The van der Waals surface area contributed by atoms with E-state index in [0.717, 1.165) is 23.5 Å². The molecule has 0 aliphatic carbocycles. The lowest BCUT2D eigenvalue weighted by Gasteiger charge is -2.30. The molecule has 1 aliphatic heterocycles. The summed E-state index contributed by atoms with van der Waals surface area (Å²) in [4.78, 5) is 6.80. The Kier molecular flexibility index (Phi) is 3.84. The van der Waals surface area contributed by atoms with Crippen LogP contribution in [0, 0.1) is 12.3 Å². The van der Waals surface area contributed by atoms with Gasteiger partial charge < -0.3 is 10.6 Å². The van der Waals surface area contributed by atoms with Crippen LogP contribution in [0.3, 0.4) is 0 Å². The number of hydrogen-bond donors (Lipinski definition) is 2. The van der Waals surface area contributed by atoms with Crippen LogP contribution >= 0.6 is 0 Å². The molecule has 1 saturated heterocycles. The zero-order chi connectivity index (χ0) is 13.1. The van der Waals surface area contributed by atoms with Crippen LogP contribution in [0.15, 0.2) is 12.3 Å². The normalized spacial score (nSPS) is 20.6. The van der Waals surface area contributed by atoms with E-state index in [1.165, 1.54) is 25.7 Å². The number of nitrogens with one attached hydrogen (secondary N) is 1. The van der Waals surface area contributed by atoms with Gasteiger partial charge in [-0.15, -0.1) is 0 Å². The minimum absolute atomic E-state index is 0.118. The highest BCUT2D eigenvalue weighted by molar-refractivity contribution is 6.01. The molecule has 0 aromatic carbocycles. The van der Waals surface area contributed by atoms with Gasteiger partial charge in [0.1, 0.15) is 11.7 Å². The molecule has 18 heavy (non-hydrogen) atoms. The van der Waals surface area contributed by atoms with Crippen LogP contribution in [0.1, 0.15) is 43.7 Å². The van der Waals surface area contributed by atoms with Crippen molar-refractivity contribution in [3.63, 3.8) is 0 Å². The molecule has 0 spiro atoms. The SMILES string of the molecule is Cc1ccnc(N2CCCCCC2C)c1C(=N)N. The van der Waals surface area contributed by atoms with Crippen molar-refractivity contribution in [2.24, 2.45) is 5.73 Å². The van der Waals surface area contributed by atoms with Crippen LogP contribution in [0.5, 0.6) is 0 Å². The number of rotatable bonds is 2. The van der Waals surface area contributed by atoms with Crippen LogP contribution in [0.2, 0.25) is 0 Å². The Morgan fingerprint density at radius 1 is 1.44 bits per heavy atom. The zero-order valence-electron chi connectivity index (χ0n) is 11.2. The third-order valence-corrected chi connectivity index (χ3v) is 3.73. The zero-order valence-corrected chi connectivity index (χ0v) is 11.2. The van der Waals surface area contributed by atoms with Crippen LogP contribution < -0.4 is 10.6 Å². The van der Waals surface area contributed by atoms with Crippen molar-refractivity contribution in [1.29, 1.82) is 5.41 Å². The molecule has 1 aromatic heterocycles. The van der Waals surface area contributed by atoms with E-state index < -0.39 is 0 Å². The number of pyridine rings is 1. The van der Waals surface area contributed by atoms with Crippen molar-refractivity contribution < 1.29 is 0 Å². The van der Waals surface area contributed by atoms with Gasteiger partial charge in [-0.3, -0.25) is 5.41 Å². The number of aryl methyl sites for hydroxylation is 1. The number of amidine groups is 1. The number of nitrogens with zero attached hydrogens (tertiary/aromatic N) is 2. The first-order chi connectivity index (χ1) is 8.61. The summed E-state index contributed by atoms with van der Waals surface area (Å²) < 4.78 is 0. The third-order valence-electron chi connectivity index (χ3n) is 3.73. The second kappa shape index (κ2) is 5.38. The molecule has 4 nitrogen and oxygen atoms in total. The molecule has 4 heteroatoms. The van der Waals surface area contributed by atoms with Gasteiger partial charge in [-0.1, -0.05) is 12.8 Å². The molecule has 1 aromatic rings. The Bertz CT molecular complexity index is 441. The Hall–Kier alpha value is -1.58. The van der Waals surface area contributed by atoms with E-state index in [1.807, 2.05) is 19.2 Å². The average Bonchev–Trinajstić information content (AvgIpc) is 2.53. The summed E-state index contributed by atoms with van der Waals surface area (Å²) >= 11 is 0. The third kappa shape index (κ3) is 2.47. The minimum atomic E-state index is 0.118. The molecule has 0 amide bonds. The Balaban J connectivity index is 2.42. The van der Waals surface area contributed by atoms with Crippen LogP contribution in [-0.2, 0) is 0 Å². The first kappa shape index (κ1) is 12.9. The van der Waals surface area contributed by atoms with Gasteiger partial charge >= 0.3 is 0 Å². The topological polar surface area (TPSA) is 66.0 Å². The summed E-state index contributed by atoms with van der Waals surface area (Å²) in [6.45, 7) is 5.24. The van der Waals surface area contributed by atoms with E-state index >= 15 is 0 Å². The molecule has 1 fully saturated rings. The largest absolute Gasteiger partial charge is 0.384 e. The van der Waals surface area contributed by atoms with E-state index in [-0.39, 0.29) is 5.84 Å². The van der Waals surface area contributed by atoms with Crippen molar-refractivity contribution in [2.75, 3.05) is 11.4 Å². The highest BCUT2D eigenvalue weighted by Gasteiger charge is 2.22. The first-order valence-electron chi connectivity index (χ1n) is 6.68. The van der Waals surface area contributed by atoms with E-state index in [0.29, 0.717) is 6.04 Å². The number of nitrogens with two attached hydrogens (primary N) is 1. The molecule has 1 aliphatic rings. The lowest BCUT2D eigenvalue weighted by molar-refractivity contribution is 0.610. The molecule has 0 saturated carbocycles. The van der Waals surface area contributed by atoms with Crippen LogP contribution in [0.4, 0.5) is 5.82 Å². The summed E-state index contributed by atoms with van der Waals surface area (Å²) in [7, 11) is 0. The lowest BCUT2D eigenvalue weighted by Crippen LogP contribution is -2.35. The van der Waals surface area contributed by atoms with Gasteiger partial charge in [0.05, 0.1) is 5.56 Å². The molecule has 2 rings (SSSR count). The molecule has 2 heterocycles. The van der Waals surface area contributed by atoms with Crippen molar-refractivity contribution in [3.8, 4) is 0 Å². The van der Waals surface area contributed by atoms with Crippen LogP contribution in [-0.4, -0.2) is 23.4 Å². The smallest absolute Gasteiger partial charge is 0.140 e. The summed E-state index contributed by atoms with van der Waals surface area (Å²) in [5, 5.41) is 7.77. The highest BCUT2D eigenvalue weighted by atomic mass is 15.2. The summed E-state index contributed by atoms with van der Waals surface area (Å²) in [6, 6.07) is 2.39. The Morgan fingerprint density at radius 3 is 2.94 bits per heavy atom. The van der Waals surface area contributed by atoms with Crippen molar-refractivity contribution in [1.82, 2.24) is 4.98 Å². The first-order valence-corrected chi connectivity index (χ1v) is 6.68. The summed E-state index contributed by atoms with van der Waals surface area (Å²) in [6.07, 6.45) is 6.75. The molecule has 0 bridgehead atoms. The maximum absolute atomic E-state index is 7.77. The fraction of sp³-hybridized carbons (Fsp3) is 0.571. The van der Waals surface area contributed by atoms with Gasteiger partial charge in [-0.2, -0.15) is 0 Å². The maximum Gasteiger partial charge on any atom is 0.140 e. The quantitative estimate of drug-likeness (QED) is 0.622. The van der Waals surface area contributed by atoms with Crippen molar-refractivity contribution >= 4 is 11.7 Å². The molecule has 3 N–H and O–H groups in total. The number of aromatic nitrogens is 1. The second-order valence-corrected chi connectivity index (χ2v) is 5.13. The number of hydrogen-bond acceptors (Lipinski definition) is 3. The molecule has 1 unspecified atom stereocenters. The van der Waals surface area contributed by atoms with E-state index in [1.54, 1.807) is 0 Å². The standard InChI is InChI=1S/C14H22N4/c1-10-7-8-17-14(12(10)13(15)16)18-9-5-3-4-6-11(18)2/h7-8,11H,3-6,9H2,1-2H3,(H3,15,16). The van der Waals surface area contributed by atoms with Crippen molar-refractivity contribution in [3.05, 3.63) is 23.4 Å².